The topological polar surface area (TPSA) is 105 Å². The minimum Gasteiger partial charge on any atom is -0.320 e. The number of aryl methyl sites for hydroxylation is 1. The number of hydrogen-bond acceptors (Lipinski definition) is 6. The van der Waals surface area contributed by atoms with Crippen LogP contribution in [0.1, 0.15) is 25.8 Å². The number of nitrogens with zero attached hydrogens (tertiary/aromatic N) is 3. The van der Waals surface area contributed by atoms with Gasteiger partial charge in [0.1, 0.15) is 10.9 Å². The molecule has 1 saturated heterocycles. The van der Waals surface area contributed by atoms with Crippen LogP contribution in [0.2, 0.25) is 0 Å². The van der Waals surface area contributed by atoms with E-state index in [1.807, 2.05) is 13.8 Å². The number of anilines is 1. The number of carbonyl (C=O) groups is 2. The lowest BCUT2D eigenvalue weighted by Crippen LogP contribution is -2.33. The van der Waals surface area contributed by atoms with E-state index in [1.54, 1.807) is 17.9 Å². The Morgan fingerprint density at radius 2 is 2.16 bits per heavy atom. The first kappa shape index (κ1) is 18.9. The second-order valence-corrected chi connectivity index (χ2v) is 6.65. The molecule has 134 valence electrons. The summed E-state index contributed by atoms with van der Waals surface area (Å²) >= 11 is 1.26. The zero-order valence-corrected chi connectivity index (χ0v) is 15.1. The molecule has 0 aromatic heterocycles. The third-order valence-electron chi connectivity index (χ3n) is 3.62. The molecule has 1 aromatic carbocycles. The summed E-state index contributed by atoms with van der Waals surface area (Å²) in [6, 6.07) is 4.58. The van der Waals surface area contributed by atoms with Crippen molar-refractivity contribution in [3.63, 3.8) is 0 Å². The van der Waals surface area contributed by atoms with Crippen molar-refractivity contribution in [2.45, 2.75) is 32.4 Å². The highest BCUT2D eigenvalue weighted by Gasteiger charge is 2.38. The number of carbonyl (C=O) groups excluding carboxylic acids is 2. The van der Waals surface area contributed by atoms with E-state index in [-0.39, 0.29) is 23.7 Å². The number of nitrogens with one attached hydrogen (secondary N) is 1. The summed E-state index contributed by atoms with van der Waals surface area (Å²) in [7, 11) is 0. The minimum absolute atomic E-state index is 0.0617. The summed E-state index contributed by atoms with van der Waals surface area (Å²) in [6.45, 7) is 6.51. The third kappa shape index (κ3) is 4.36. The van der Waals surface area contributed by atoms with Gasteiger partial charge < -0.3 is 5.32 Å². The first-order chi connectivity index (χ1) is 11.9. The van der Waals surface area contributed by atoms with Crippen molar-refractivity contribution in [1.82, 2.24) is 4.90 Å². The quantitative estimate of drug-likeness (QED) is 0.617. The predicted octanol–water partition coefficient (Wildman–Crippen LogP) is 2.57. The van der Waals surface area contributed by atoms with Crippen molar-refractivity contribution in [1.29, 1.82) is 0 Å². The van der Waals surface area contributed by atoms with E-state index in [4.69, 9.17) is 0 Å². The Morgan fingerprint density at radius 1 is 1.44 bits per heavy atom. The fourth-order valence-corrected chi connectivity index (χ4v) is 3.72. The minimum atomic E-state index is -0.560. The molecular formula is C16H20N4O4S. The Balaban J connectivity index is 2.10. The van der Waals surface area contributed by atoms with Gasteiger partial charge in [0.2, 0.25) is 11.8 Å². The number of amides is 2. The summed E-state index contributed by atoms with van der Waals surface area (Å²) in [6.07, 6.45) is -0.0617. The largest absolute Gasteiger partial charge is 0.320 e. The molecule has 8 nitrogen and oxygen atoms in total. The lowest BCUT2D eigenvalue weighted by molar-refractivity contribution is -0.384. The Labute approximate surface area is 149 Å². The Kier molecular flexibility index (Phi) is 6.13. The van der Waals surface area contributed by atoms with E-state index < -0.39 is 16.1 Å². The fraction of sp³-hybridized carbons (Fsp3) is 0.438. The average Bonchev–Trinajstić information content (AvgIpc) is 2.84. The number of nitro benzene ring substituents is 1. The first-order valence-electron chi connectivity index (χ1n) is 7.94. The number of thioether (sulfide) groups is 1. The number of benzene rings is 1. The Bertz CT molecular complexity index is 735. The zero-order chi connectivity index (χ0) is 18.6. The molecule has 1 fully saturated rings. The molecule has 1 heterocycles. The molecular weight excluding hydrogens is 344 g/mol. The summed E-state index contributed by atoms with van der Waals surface area (Å²) in [5.74, 6) is -0.597. The van der Waals surface area contributed by atoms with Gasteiger partial charge in [-0.05, 0) is 32.4 Å². The highest BCUT2D eigenvalue weighted by Crippen LogP contribution is 2.30. The van der Waals surface area contributed by atoms with Gasteiger partial charge in [-0.15, -0.1) is 0 Å². The van der Waals surface area contributed by atoms with E-state index in [1.165, 1.54) is 23.9 Å². The van der Waals surface area contributed by atoms with Crippen LogP contribution < -0.4 is 5.32 Å². The van der Waals surface area contributed by atoms with Crippen LogP contribution >= 0.6 is 11.8 Å². The van der Waals surface area contributed by atoms with Crippen molar-refractivity contribution in [3.05, 3.63) is 33.9 Å². The number of hydrogen-bond donors (Lipinski definition) is 1. The molecule has 0 radical (unpaired) electrons. The van der Waals surface area contributed by atoms with Crippen molar-refractivity contribution >= 4 is 40.1 Å². The van der Waals surface area contributed by atoms with Crippen molar-refractivity contribution in [2.75, 3.05) is 18.4 Å². The van der Waals surface area contributed by atoms with Crippen LogP contribution in [0.15, 0.2) is 23.2 Å². The Morgan fingerprint density at radius 3 is 2.76 bits per heavy atom. The van der Waals surface area contributed by atoms with Gasteiger partial charge in [-0.2, -0.15) is 0 Å². The second kappa shape index (κ2) is 8.11. The molecule has 1 N–H and O–H groups in total. The molecule has 25 heavy (non-hydrogen) atoms. The molecule has 2 rings (SSSR count). The fourth-order valence-electron chi connectivity index (χ4n) is 2.46. The molecule has 0 spiro atoms. The van der Waals surface area contributed by atoms with Gasteiger partial charge in [-0.1, -0.05) is 17.8 Å². The molecule has 2 amide bonds. The molecule has 0 bridgehead atoms. The highest BCUT2D eigenvalue weighted by molar-refractivity contribution is 8.15. The van der Waals surface area contributed by atoms with Gasteiger partial charge in [0.25, 0.3) is 5.69 Å². The molecule has 1 atom stereocenters. The van der Waals surface area contributed by atoms with Gasteiger partial charge in [0.15, 0.2) is 5.17 Å². The summed E-state index contributed by atoms with van der Waals surface area (Å²) in [4.78, 5) is 41.1. The molecule has 1 aromatic rings. The third-order valence-corrected chi connectivity index (χ3v) is 4.84. The normalized spacial score (nSPS) is 18.7. The number of aliphatic imine (C=N–C) groups is 1. The SMILES string of the molecule is CCN=C1S[C@@H](CC(=O)Nc2ccc(C)cc2[N+](=O)[O-])C(=O)N1CC. The van der Waals surface area contributed by atoms with Crippen LogP contribution in [-0.4, -0.2) is 45.1 Å². The molecule has 0 aliphatic carbocycles. The predicted molar refractivity (Wildman–Crippen MR) is 97.8 cm³/mol. The van der Waals surface area contributed by atoms with E-state index >= 15 is 0 Å². The number of amidine groups is 1. The van der Waals surface area contributed by atoms with Gasteiger partial charge in [0, 0.05) is 25.6 Å². The van der Waals surface area contributed by atoms with Gasteiger partial charge in [0.05, 0.1) is 4.92 Å². The van der Waals surface area contributed by atoms with E-state index in [0.29, 0.717) is 18.3 Å². The first-order valence-corrected chi connectivity index (χ1v) is 8.82. The molecule has 0 saturated carbocycles. The maximum atomic E-state index is 12.4. The summed E-state index contributed by atoms with van der Waals surface area (Å²) in [5.41, 5.74) is 0.693. The van der Waals surface area contributed by atoms with Crippen molar-refractivity contribution in [3.8, 4) is 0 Å². The van der Waals surface area contributed by atoms with Gasteiger partial charge in [-0.25, -0.2) is 0 Å². The zero-order valence-electron chi connectivity index (χ0n) is 14.3. The lowest BCUT2D eigenvalue weighted by Gasteiger charge is -2.13. The molecule has 0 unspecified atom stereocenters. The molecule has 1 aliphatic heterocycles. The second-order valence-electron chi connectivity index (χ2n) is 5.48. The average molecular weight is 364 g/mol. The smallest absolute Gasteiger partial charge is 0.293 e. The van der Waals surface area contributed by atoms with Gasteiger partial charge in [-0.3, -0.25) is 29.6 Å². The summed E-state index contributed by atoms with van der Waals surface area (Å²) < 4.78 is 0. The van der Waals surface area contributed by atoms with Crippen molar-refractivity contribution < 1.29 is 14.5 Å². The maximum absolute atomic E-state index is 12.4. The molecule has 1 aliphatic rings. The van der Waals surface area contributed by atoms with Crippen LogP contribution in [0.5, 0.6) is 0 Å². The maximum Gasteiger partial charge on any atom is 0.293 e. The highest BCUT2D eigenvalue weighted by atomic mass is 32.2. The monoisotopic (exact) mass is 364 g/mol. The molecule has 9 heteroatoms. The number of nitro groups is 1. The Hall–Kier alpha value is -2.42. The van der Waals surface area contributed by atoms with Gasteiger partial charge >= 0.3 is 0 Å². The van der Waals surface area contributed by atoms with Crippen LogP contribution in [0.25, 0.3) is 0 Å². The van der Waals surface area contributed by atoms with Crippen LogP contribution in [0, 0.1) is 17.0 Å². The summed E-state index contributed by atoms with van der Waals surface area (Å²) in [5, 5.41) is 13.7. The number of rotatable bonds is 6. The van der Waals surface area contributed by atoms with E-state index in [2.05, 4.69) is 10.3 Å². The van der Waals surface area contributed by atoms with Crippen LogP contribution in [0.4, 0.5) is 11.4 Å². The van der Waals surface area contributed by atoms with Crippen molar-refractivity contribution in [2.24, 2.45) is 4.99 Å². The standard InChI is InChI=1S/C16H20N4O4S/c1-4-17-16-19(5-2)15(22)13(25-16)9-14(21)18-11-7-6-10(3)8-12(11)20(23)24/h6-8,13H,4-5,9H2,1-3H3,(H,18,21)/t13-/m0/s1. The van der Waals surface area contributed by atoms with E-state index in [9.17, 15) is 19.7 Å². The van der Waals surface area contributed by atoms with Crippen LogP contribution in [-0.2, 0) is 9.59 Å². The van der Waals surface area contributed by atoms with Crippen LogP contribution in [0.3, 0.4) is 0 Å². The van der Waals surface area contributed by atoms with E-state index in [0.717, 1.165) is 5.56 Å². The lowest BCUT2D eigenvalue weighted by atomic mass is 10.2.